The first-order valence-corrected chi connectivity index (χ1v) is 12.3. The second-order valence-corrected chi connectivity index (χ2v) is 9.08. The molecule has 2 aliphatic rings. The predicted octanol–water partition coefficient (Wildman–Crippen LogP) is 2.22. The van der Waals surface area contributed by atoms with Crippen molar-refractivity contribution in [3.8, 4) is 0 Å². The van der Waals surface area contributed by atoms with Crippen molar-refractivity contribution in [2.24, 2.45) is 0 Å². The van der Waals surface area contributed by atoms with Crippen LogP contribution in [0.25, 0.3) is 11.0 Å². The number of nitrogens with one attached hydrogen (secondary N) is 1. The number of methoxy groups -OCH3 is 1. The molecule has 0 saturated carbocycles. The summed E-state index contributed by atoms with van der Waals surface area (Å²) < 4.78 is 10.3. The average Bonchev–Trinajstić information content (AvgIpc) is 2.93. The molecule has 0 radical (unpaired) electrons. The van der Waals surface area contributed by atoms with Gasteiger partial charge in [0.05, 0.1) is 20.3 Å². The van der Waals surface area contributed by atoms with E-state index >= 15 is 0 Å². The van der Waals surface area contributed by atoms with Gasteiger partial charge in [-0.1, -0.05) is 30.3 Å². The van der Waals surface area contributed by atoms with Crippen LogP contribution in [0.15, 0.2) is 36.7 Å². The number of alkyl carbamates (subject to hydrolysis) is 1. The third-order valence-corrected chi connectivity index (χ3v) is 6.65. The molecule has 2 saturated heterocycles. The van der Waals surface area contributed by atoms with E-state index in [2.05, 4.69) is 42.1 Å². The monoisotopic (exact) mass is 492 g/mol. The predicted molar refractivity (Wildman–Crippen MR) is 137 cm³/mol. The maximum absolute atomic E-state index is 11.6. The molecule has 0 bridgehead atoms. The van der Waals surface area contributed by atoms with Crippen LogP contribution in [-0.2, 0) is 16.0 Å². The lowest BCUT2D eigenvalue weighted by atomic mass is 10.1. The number of amides is 1. The maximum Gasteiger partial charge on any atom is 0.407 e. The van der Waals surface area contributed by atoms with Crippen LogP contribution in [0.3, 0.4) is 0 Å². The Morgan fingerprint density at radius 1 is 1.06 bits per heavy atom. The number of carbonyl (C=O) groups is 1. The fourth-order valence-corrected chi connectivity index (χ4v) is 4.71. The molecule has 0 unspecified atom stereocenters. The average molecular weight is 493 g/mol. The molecule has 2 aromatic heterocycles. The number of benzene rings is 1. The minimum Gasteiger partial charge on any atom is -0.453 e. The van der Waals surface area contributed by atoms with E-state index in [0.717, 1.165) is 61.7 Å². The van der Waals surface area contributed by atoms with Crippen molar-refractivity contribution in [1.29, 1.82) is 0 Å². The summed E-state index contributed by atoms with van der Waals surface area (Å²) in [7, 11) is 3.41. The lowest BCUT2D eigenvalue weighted by Crippen LogP contribution is -2.45. The number of anilines is 3. The number of piperidine rings is 1. The molecule has 3 aromatic rings. The van der Waals surface area contributed by atoms with E-state index in [-0.39, 0.29) is 6.04 Å². The molecule has 0 aliphatic carbocycles. The number of fused-ring (bicyclic) bond motifs is 1. The highest BCUT2D eigenvalue weighted by Crippen LogP contribution is 2.31. The molecule has 2 fully saturated rings. The SMILES string of the molecule is COC(=O)NC1CCN(c2nc(N3CCOCC3)c3ncnc(N(C)Cc4ccccc4)c3n2)CC1. The molecule has 36 heavy (non-hydrogen) atoms. The fraction of sp³-hybridized carbons (Fsp3) is 0.480. The van der Waals surface area contributed by atoms with Crippen LogP contribution in [0.5, 0.6) is 0 Å². The van der Waals surface area contributed by atoms with Gasteiger partial charge in [0.2, 0.25) is 5.95 Å². The van der Waals surface area contributed by atoms with Crippen LogP contribution in [0.2, 0.25) is 0 Å². The zero-order chi connectivity index (χ0) is 24.9. The quantitative estimate of drug-likeness (QED) is 0.550. The minimum atomic E-state index is -0.395. The van der Waals surface area contributed by atoms with Crippen molar-refractivity contribution in [3.05, 3.63) is 42.2 Å². The molecule has 5 rings (SSSR count). The number of nitrogens with zero attached hydrogens (tertiary/aromatic N) is 7. The van der Waals surface area contributed by atoms with Gasteiger partial charge in [-0.15, -0.1) is 0 Å². The number of morpholine rings is 1. The largest absolute Gasteiger partial charge is 0.453 e. The van der Waals surface area contributed by atoms with E-state index in [1.165, 1.54) is 12.7 Å². The normalized spacial score (nSPS) is 16.7. The Morgan fingerprint density at radius 3 is 2.53 bits per heavy atom. The van der Waals surface area contributed by atoms with Gasteiger partial charge >= 0.3 is 6.09 Å². The molecule has 11 heteroatoms. The number of aromatic nitrogens is 4. The van der Waals surface area contributed by atoms with Gasteiger partial charge in [0, 0.05) is 45.8 Å². The molecule has 0 atom stereocenters. The van der Waals surface area contributed by atoms with Gasteiger partial charge < -0.3 is 29.5 Å². The molecular weight excluding hydrogens is 460 g/mol. The summed E-state index contributed by atoms with van der Waals surface area (Å²) in [6.45, 7) is 4.95. The van der Waals surface area contributed by atoms with E-state index in [9.17, 15) is 4.79 Å². The number of hydrogen-bond acceptors (Lipinski definition) is 10. The van der Waals surface area contributed by atoms with Crippen LogP contribution in [0, 0.1) is 0 Å². The third-order valence-electron chi connectivity index (χ3n) is 6.65. The Balaban J connectivity index is 1.48. The van der Waals surface area contributed by atoms with Gasteiger partial charge in [-0.25, -0.2) is 19.7 Å². The summed E-state index contributed by atoms with van der Waals surface area (Å²) in [6, 6.07) is 10.4. The van der Waals surface area contributed by atoms with Crippen molar-refractivity contribution in [1.82, 2.24) is 25.3 Å². The summed E-state index contributed by atoms with van der Waals surface area (Å²) in [6.07, 6.45) is 2.77. The summed E-state index contributed by atoms with van der Waals surface area (Å²) in [4.78, 5) is 37.4. The van der Waals surface area contributed by atoms with Crippen molar-refractivity contribution in [2.45, 2.75) is 25.4 Å². The molecule has 2 aliphatic heterocycles. The van der Waals surface area contributed by atoms with Gasteiger partial charge in [0.1, 0.15) is 17.4 Å². The van der Waals surface area contributed by atoms with E-state index in [1.54, 1.807) is 6.33 Å². The Kier molecular flexibility index (Phi) is 7.26. The van der Waals surface area contributed by atoms with Crippen LogP contribution < -0.4 is 20.0 Å². The van der Waals surface area contributed by atoms with Gasteiger partial charge in [-0.2, -0.15) is 4.98 Å². The third kappa shape index (κ3) is 5.25. The molecule has 1 amide bonds. The number of hydrogen-bond donors (Lipinski definition) is 1. The van der Waals surface area contributed by atoms with Gasteiger partial charge in [0.25, 0.3) is 0 Å². The van der Waals surface area contributed by atoms with Gasteiger partial charge in [-0.3, -0.25) is 0 Å². The molecule has 1 aromatic carbocycles. The van der Waals surface area contributed by atoms with Crippen molar-refractivity contribution in [2.75, 3.05) is 68.2 Å². The van der Waals surface area contributed by atoms with Crippen molar-refractivity contribution in [3.63, 3.8) is 0 Å². The summed E-state index contributed by atoms with van der Waals surface area (Å²) in [5, 5.41) is 2.90. The van der Waals surface area contributed by atoms with Crippen molar-refractivity contribution >= 4 is 34.7 Å². The van der Waals surface area contributed by atoms with Crippen LogP contribution in [-0.4, -0.2) is 85.6 Å². The highest BCUT2D eigenvalue weighted by molar-refractivity contribution is 5.94. The lowest BCUT2D eigenvalue weighted by molar-refractivity contribution is 0.122. The standard InChI is InChI=1S/C25H32N8O3/c1-31(16-18-6-4-3-5-7-18)22-21-20(26-17-27-22)23(32-12-14-36-15-13-32)30-24(29-21)33-10-8-19(9-11-33)28-25(34)35-2/h3-7,17,19H,8-16H2,1-2H3,(H,28,34). The minimum absolute atomic E-state index is 0.0729. The first-order chi connectivity index (χ1) is 17.6. The van der Waals surface area contributed by atoms with E-state index in [4.69, 9.17) is 19.4 Å². The molecule has 11 nitrogen and oxygen atoms in total. The zero-order valence-electron chi connectivity index (χ0n) is 20.8. The summed E-state index contributed by atoms with van der Waals surface area (Å²) >= 11 is 0. The first-order valence-electron chi connectivity index (χ1n) is 12.3. The van der Waals surface area contributed by atoms with Crippen molar-refractivity contribution < 1.29 is 14.3 Å². The number of carbonyl (C=O) groups excluding carboxylic acids is 1. The molecular formula is C25H32N8O3. The lowest BCUT2D eigenvalue weighted by Gasteiger charge is -2.34. The zero-order valence-corrected chi connectivity index (χ0v) is 20.8. The summed E-state index contributed by atoms with van der Waals surface area (Å²) in [5.74, 6) is 2.23. The number of rotatable bonds is 6. The fourth-order valence-electron chi connectivity index (χ4n) is 4.71. The topological polar surface area (TPSA) is 109 Å². The highest BCUT2D eigenvalue weighted by Gasteiger charge is 2.26. The van der Waals surface area contributed by atoms with E-state index in [1.807, 2.05) is 25.2 Å². The van der Waals surface area contributed by atoms with Crippen LogP contribution in [0.1, 0.15) is 18.4 Å². The second kappa shape index (κ2) is 10.9. The Hall–Kier alpha value is -3.73. The smallest absolute Gasteiger partial charge is 0.407 e. The van der Waals surface area contributed by atoms with E-state index < -0.39 is 6.09 Å². The Morgan fingerprint density at radius 2 is 1.81 bits per heavy atom. The maximum atomic E-state index is 11.6. The van der Waals surface area contributed by atoms with Gasteiger partial charge in [0.15, 0.2) is 11.6 Å². The molecule has 4 heterocycles. The Labute approximate surface area is 210 Å². The Bertz CT molecular complexity index is 1180. The molecule has 0 spiro atoms. The highest BCUT2D eigenvalue weighted by atomic mass is 16.5. The molecule has 1 N–H and O–H groups in total. The van der Waals surface area contributed by atoms with Crippen LogP contribution in [0.4, 0.5) is 22.4 Å². The van der Waals surface area contributed by atoms with Crippen LogP contribution >= 0.6 is 0 Å². The van der Waals surface area contributed by atoms with E-state index in [0.29, 0.717) is 25.7 Å². The molecule has 190 valence electrons. The number of ether oxygens (including phenoxy) is 2. The summed E-state index contributed by atoms with van der Waals surface area (Å²) in [5.41, 5.74) is 2.67. The van der Waals surface area contributed by atoms with Gasteiger partial charge in [-0.05, 0) is 18.4 Å². The first kappa shape index (κ1) is 24.0. The second-order valence-electron chi connectivity index (χ2n) is 9.08.